The summed E-state index contributed by atoms with van der Waals surface area (Å²) in [5.41, 5.74) is 5.87. The predicted octanol–water partition coefficient (Wildman–Crippen LogP) is 0.323. The molecular formula is C10H11N3O2. The van der Waals surface area contributed by atoms with Crippen LogP contribution in [0.25, 0.3) is 0 Å². The molecule has 15 heavy (non-hydrogen) atoms. The lowest BCUT2D eigenvalue weighted by atomic mass is 9.92. The van der Waals surface area contributed by atoms with Crippen molar-refractivity contribution >= 4 is 17.6 Å². The molecule has 0 aromatic heterocycles. The number of nitrogen functional groups attached to an aromatic ring is 1. The zero-order valence-electron chi connectivity index (χ0n) is 8.20. The first-order valence-corrected chi connectivity index (χ1v) is 4.52. The van der Waals surface area contributed by atoms with Crippen LogP contribution in [0.15, 0.2) is 24.3 Å². The summed E-state index contributed by atoms with van der Waals surface area (Å²) < 4.78 is 0. The number of anilines is 1. The highest BCUT2D eigenvalue weighted by Crippen LogP contribution is 2.24. The molecule has 1 aliphatic rings. The number of rotatable bonds is 1. The standard InChI is InChI=1S/C10H11N3O2/c1-10(8(14)12-9(15)13-10)6-2-4-7(11)5-3-6/h2-5H,11H2,1H3,(H2,12,13,14,15)/t10-/m0/s1. The van der Waals surface area contributed by atoms with Crippen molar-refractivity contribution in [2.75, 3.05) is 5.73 Å². The molecule has 1 fully saturated rings. The molecule has 1 aromatic carbocycles. The molecule has 5 heteroatoms. The number of carbonyl (C=O) groups is 2. The van der Waals surface area contributed by atoms with Crippen molar-refractivity contribution in [3.8, 4) is 0 Å². The van der Waals surface area contributed by atoms with Gasteiger partial charge < -0.3 is 11.1 Å². The monoisotopic (exact) mass is 205 g/mol. The minimum Gasteiger partial charge on any atom is -0.399 e. The number of amides is 3. The van der Waals surface area contributed by atoms with Gasteiger partial charge in [0.2, 0.25) is 0 Å². The van der Waals surface area contributed by atoms with Gasteiger partial charge in [-0.3, -0.25) is 10.1 Å². The van der Waals surface area contributed by atoms with E-state index in [1.807, 2.05) is 0 Å². The van der Waals surface area contributed by atoms with Crippen molar-refractivity contribution < 1.29 is 9.59 Å². The molecule has 5 nitrogen and oxygen atoms in total. The summed E-state index contributed by atoms with van der Waals surface area (Å²) in [6.07, 6.45) is 0. The van der Waals surface area contributed by atoms with Crippen LogP contribution in [-0.4, -0.2) is 11.9 Å². The largest absolute Gasteiger partial charge is 0.399 e. The summed E-state index contributed by atoms with van der Waals surface area (Å²) in [4.78, 5) is 22.6. The van der Waals surface area contributed by atoms with E-state index in [1.54, 1.807) is 31.2 Å². The summed E-state index contributed by atoms with van der Waals surface area (Å²) in [6, 6.07) is 6.36. The van der Waals surface area contributed by atoms with Crippen molar-refractivity contribution in [2.45, 2.75) is 12.5 Å². The molecule has 0 bridgehead atoms. The van der Waals surface area contributed by atoms with Crippen molar-refractivity contribution in [3.05, 3.63) is 29.8 Å². The molecule has 4 N–H and O–H groups in total. The molecular weight excluding hydrogens is 194 g/mol. The minimum atomic E-state index is -0.995. The molecule has 0 unspecified atom stereocenters. The molecule has 0 spiro atoms. The van der Waals surface area contributed by atoms with Crippen LogP contribution in [0.5, 0.6) is 0 Å². The van der Waals surface area contributed by atoms with E-state index in [-0.39, 0.29) is 5.91 Å². The lowest BCUT2D eigenvalue weighted by molar-refractivity contribution is -0.123. The van der Waals surface area contributed by atoms with Crippen LogP contribution in [-0.2, 0) is 10.3 Å². The van der Waals surface area contributed by atoms with Crippen molar-refractivity contribution in [2.24, 2.45) is 0 Å². The average Bonchev–Trinajstić information content (AvgIpc) is 2.42. The second-order valence-electron chi connectivity index (χ2n) is 3.66. The van der Waals surface area contributed by atoms with Crippen LogP contribution in [0, 0.1) is 0 Å². The Morgan fingerprint density at radius 1 is 1.20 bits per heavy atom. The first-order valence-electron chi connectivity index (χ1n) is 4.52. The summed E-state index contributed by atoms with van der Waals surface area (Å²) in [5, 5.41) is 4.78. The average molecular weight is 205 g/mol. The van der Waals surface area contributed by atoms with Gasteiger partial charge in [-0.1, -0.05) is 12.1 Å². The van der Waals surface area contributed by atoms with Crippen LogP contribution in [0.1, 0.15) is 12.5 Å². The third kappa shape index (κ3) is 1.41. The zero-order valence-corrected chi connectivity index (χ0v) is 8.20. The Labute approximate surface area is 86.6 Å². The maximum Gasteiger partial charge on any atom is 0.322 e. The fraction of sp³-hybridized carbons (Fsp3) is 0.200. The van der Waals surface area contributed by atoms with Gasteiger partial charge in [0.15, 0.2) is 0 Å². The lowest BCUT2D eigenvalue weighted by Gasteiger charge is -2.20. The van der Waals surface area contributed by atoms with Gasteiger partial charge in [0.25, 0.3) is 5.91 Å². The van der Waals surface area contributed by atoms with E-state index < -0.39 is 11.6 Å². The van der Waals surface area contributed by atoms with Crippen LogP contribution < -0.4 is 16.4 Å². The summed E-state index contributed by atoms with van der Waals surface area (Å²) >= 11 is 0. The number of benzene rings is 1. The normalized spacial score (nSPS) is 24.9. The minimum absolute atomic E-state index is 0.350. The predicted molar refractivity (Wildman–Crippen MR) is 54.9 cm³/mol. The van der Waals surface area contributed by atoms with E-state index in [9.17, 15) is 9.59 Å². The van der Waals surface area contributed by atoms with Crippen LogP contribution in [0.2, 0.25) is 0 Å². The van der Waals surface area contributed by atoms with Crippen molar-refractivity contribution in [1.82, 2.24) is 10.6 Å². The number of hydrogen-bond acceptors (Lipinski definition) is 3. The second-order valence-corrected chi connectivity index (χ2v) is 3.66. The molecule has 3 amide bonds. The Kier molecular flexibility index (Phi) is 1.89. The SMILES string of the molecule is C[C@@]1(c2ccc(N)cc2)NC(=O)NC1=O. The van der Waals surface area contributed by atoms with Gasteiger partial charge in [-0.15, -0.1) is 0 Å². The van der Waals surface area contributed by atoms with E-state index in [4.69, 9.17) is 5.73 Å². The van der Waals surface area contributed by atoms with Crippen molar-refractivity contribution in [3.63, 3.8) is 0 Å². The van der Waals surface area contributed by atoms with E-state index in [0.717, 1.165) is 0 Å². The van der Waals surface area contributed by atoms with Crippen molar-refractivity contribution in [1.29, 1.82) is 0 Å². The Balaban J connectivity index is 2.41. The van der Waals surface area contributed by atoms with Gasteiger partial charge >= 0.3 is 6.03 Å². The molecule has 0 radical (unpaired) electrons. The molecule has 0 saturated carbocycles. The quantitative estimate of drug-likeness (QED) is 0.456. The first kappa shape index (κ1) is 9.51. The summed E-state index contributed by atoms with van der Waals surface area (Å²) in [6.45, 7) is 1.65. The maximum absolute atomic E-state index is 11.6. The number of nitrogens with two attached hydrogens (primary N) is 1. The van der Waals surface area contributed by atoms with Crippen LogP contribution in [0.4, 0.5) is 10.5 Å². The molecule has 2 rings (SSSR count). The van der Waals surface area contributed by atoms with E-state index >= 15 is 0 Å². The molecule has 1 aromatic rings. The van der Waals surface area contributed by atoms with Crippen LogP contribution in [0.3, 0.4) is 0 Å². The smallest absolute Gasteiger partial charge is 0.322 e. The zero-order chi connectivity index (χ0) is 11.1. The lowest BCUT2D eigenvalue weighted by Crippen LogP contribution is -2.40. The molecule has 0 aliphatic carbocycles. The molecule has 1 aliphatic heterocycles. The van der Waals surface area contributed by atoms with Gasteiger partial charge in [-0.05, 0) is 24.6 Å². The van der Waals surface area contributed by atoms with Gasteiger partial charge in [-0.2, -0.15) is 0 Å². The van der Waals surface area contributed by atoms with E-state index in [1.165, 1.54) is 0 Å². The molecule has 78 valence electrons. The van der Waals surface area contributed by atoms with Gasteiger partial charge in [-0.25, -0.2) is 4.79 Å². The number of nitrogens with one attached hydrogen (secondary N) is 2. The van der Waals surface area contributed by atoms with Gasteiger partial charge in [0.1, 0.15) is 5.54 Å². The Morgan fingerprint density at radius 3 is 2.27 bits per heavy atom. The molecule has 1 atom stereocenters. The molecule has 1 saturated heterocycles. The number of urea groups is 1. The summed E-state index contributed by atoms with van der Waals surface area (Å²) in [5.74, 6) is -0.350. The Hall–Kier alpha value is -2.04. The Bertz CT molecular complexity index is 427. The topological polar surface area (TPSA) is 84.2 Å². The molecule has 1 heterocycles. The van der Waals surface area contributed by atoms with E-state index in [2.05, 4.69) is 10.6 Å². The Morgan fingerprint density at radius 2 is 1.80 bits per heavy atom. The second kappa shape index (κ2) is 2.98. The summed E-state index contributed by atoms with van der Waals surface area (Å²) in [7, 11) is 0. The number of carbonyl (C=O) groups excluding carboxylic acids is 2. The fourth-order valence-corrected chi connectivity index (χ4v) is 1.56. The van der Waals surface area contributed by atoms with E-state index in [0.29, 0.717) is 11.3 Å². The maximum atomic E-state index is 11.6. The number of imide groups is 1. The highest BCUT2D eigenvalue weighted by Gasteiger charge is 2.43. The van der Waals surface area contributed by atoms with Crippen LogP contribution >= 0.6 is 0 Å². The highest BCUT2D eigenvalue weighted by atomic mass is 16.2. The van der Waals surface area contributed by atoms with Gasteiger partial charge in [0, 0.05) is 5.69 Å². The van der Waals surface area contributed by atoms with Gasteiger partial charge in [0.05, 0.1) is 0 Å². The first-order chi connectivity index (χ1) is 7.02. The fourth-order valence-electron chi connectivity index (χ4n) is 1.56. The number of hydrogen-bond donors (Lipinski definition) is 3. The third-order valence-corrected chi connectivity index (χ3v) is 2.53. The third-order valence-electron chi connectivity index (χ3n) is 2.53. The highest BCUT2D eigenvalue weighted by molar-refractivity contribution is 6.07.